The molecule has 0 aliphatic heterocycles. The molecule has 0 aliphatic carbocycles. The van der Waals surface area contributed by atoms with Gasteiger partial charge in [0.25, 0.3) is 0 Å². The van der Waals surface area contributed by atoms with Crippen LogP contribution >= 0.6 is 22.9 Å². The van der Waals surface area contributed by atoms with Gasteiger partial charge in [0.05, 0.1) is 5.38 Å². The van der Waals surface area contributed by atoms with Crippen LogP contribution in [0.25, 0.3) is 10.1 Å². The summed E-state index contributed by atoms with van der Waals surface area (Å²) in [5.74, 6) is 0.293. The van der Waals surface area contributed by atoms with Crippen molar-refractivity contribution in [2.45, 2.75) is 12.3 Å². The Hall–Kier alpha value is -0.800. The van der Waals surface area contributed by atoms with Gasteiger partial charge in [-0.25, -0.2) is 4.39 Å². The van der Waals surface area contributed by atoms with Gasteiger partial charge in [-0.2, -0.15) is 0 Å². The zero-order chi connectivity index (χ0) is 10.8. The van der Waals surface area contributed by atoms with Crippen molar-refractivity contribution in [3.8, 4) is 5.75 Å². The number of fused-ring (bicyclic) bond motifs is 1. The standard InChI is InChI=1S/C11H10ClFOS/c1-7(12)6-14-8-4-10(13)9-2-3-15-11(9)5-8/h2-5,7H,6H2,1H3. The summed E-state index contributed by atoms with van der Waals surface area (Å²) in [4.78, 5) is 0. The average Bonchev–Trinajstić information content (AvgIpc) is 2.63. The van der Waals surface area contributed by atoms with Gasteiger partial charge >= 0.3 is 0 Å². The van der Waals surface area contributed by atoms with Gasteiger partial charge in [-0.1, -0.05) is 0 Å². The lowest BCUT2D eigenvalue weighted by molar-refractivity contribution is 0.319. The van der Waals surface area contributed by atoms with Crippen molar-refractivity contribution in [3.63, 3.8) is 0 Å². The molecule has 0 spiro atoms. The third kappa shape index (κ3) is 2.41. The predicted octanol–water partition coefficient (Wildman–Crippen LogP) is 4.05. The van der Waals surface area contributed by atoms with E-state index in [1.807, 2.05) is 18.4 Å². The van der Waals surface area contributed by atoms with E-state index in [0.29, 0.717) is 17.7 Å². The molecule has 0 saturated carbocycles. The SMILES string of the molecule is CC(Cl)COc1cc(F)c2ccsc2c1. The summed E-state index contributed by atoms with van der Waals surface area (Å²) in [6, 6.07) is 5.00. The van der Waals surface area contributed by atoms with Crippen molar-refractivity contribution in [2.75, 3.05) is 6.61 Å². The molecule has 1 nitrogen and oxygen atoms in total. The monoisotopic (exact) mass is 244 g/mol. The summed E-state index contributed by atoms with van der Waals surface area (Å²) < 4.78 is 19.8. The fourth-order valence-electron chi connectivity index (χ4n) is 1.30. The van der Waals surface area contributed by atoms with E-state index < -0.39 is 0 Å². The van der Waals surface area contributed by atoms with Crippen LogP contribution in [0.5, 0.6) is 5.75 Å². The largest absolute Gasteiger partial charge is 0.492 e. The van der Waals surface area contributed by atoms with Crippen molar-refractivity contribution in [1.29, 1.82) is 0 Å². The summed E-state index contributed by atoms with van der Waals surface area (Å²) in [5.41, 5.74) is 0. The van der Waals surface area contributed by atoms with Crippen molar-refractivity contribution in [2.24, 2.45) is 0 Å². The second-order valence-electron chi connectivity index (χ2n) is 3.33. The Kier molecular flexibility index (Phi) is 3.12. The van der Waals surface area contributed by atoms with Gasteiger partial charge in [0.1, 0.15) is 18.2 Å². The minimum Gasteiger partial charge on any atom is -0.492 e. The minimum absolute atomic E-state index is 0.0768. The summed E-state index contributed by atoms with van der Waals surface area (Å²) in [7, 11) is 0. The van der Waals surface area contributed by atoms with Crippen LogP contribution in [-0.2, 0) is 0 Å². The van der Waals surface area contributed by atoms with Gasteiger partial charge in [-0.15, -0.1) is 22.9 Å². The zero-order valence-corrected chi connectivity index (χ0v) is 9.74. The fourth-order valence-corrected chi connectivity index (χ4v) is 2.19. The van der Waals surface area contributed by atoms with Gasteiger partial charge in [-0.3, -0.25) is 0 Å². The maximum atomic E-state index is 13.5. The summed E-state index contributed by atoms with van der Waals surface area (Å²) in [5, 5.41) is 2.43. The van der Waals surface area contributed by atoms with E-state index in [0.717, 1.165) is 4.70 Å². The minimum atomic E-state index is -0.244. The van der Waals surface area contributed by atoms with Crippen LogP contribution in [0.2, 0.25) is 0 Å². The second-order valence-corrected chi connectivity index (χ2v) is 5.02. The molecule has 0 amide bonds. The molecule has 0 N–H and O–H groups in total. The van der Waals surface area contributed by atoms with E-state index in [9.17, 15) is 4.39 Å². The molecule has 0 bridgehead atoms. The Balaban J connectivity index is 2.28. The first-order valence-electron chi connectivity index (χ1n) is 4.60. The van der Waals surface area contributed by atoms with E-state index in [-0.39, 0.29) is 11.2 Å². The van der Waals surface area contributed by atoms with Gasteiger partial charge in [0, 0.05) is 16.2 Å². The van der Waals surface area contributed by atoms with Crippen molar-refractivity contribution >= 4 is 33.0 Å². The van der Waals surface area contributed by atoms with Crippen LogP contribution in [-0.4, -0.2) is 12.0 Å². The molecular weight excluding hydrogens is 235 g/mol. The Bertz CT molecular complexity index is 467. The van der Waals surface area contributed by atoms with Crippen LogP contribution in [0.15, 0.2) is 23.6 Å². The van der Waals surface area contributed by atoms with Crippen LogP contribution in [0, 0.1) is 5.82 Å². The number of benzene rings is 1. The van der Waals surface area contributed by atoms with Crippen molar-refractivity contribution in [3.05, 3.63) is 29.4 Å². The molecule has 0 saturated heterocycles. The summed E-state index contributed by atoms with van der Waals surface area (Å²) in [6.45, 7) is 2.22. The number of rotatable bonds is 3. The van der Waals surface area contributed by atoms with Gasteiger partial charge in [0.2, 0.25) is 0 Å². The first-order valence-corrected chi connectivity index (χ1v) is 5.92. The molecular formula is C11H10ClFOS. The lowest BCUT2D eigenvalue weighted by Gasteiger charge is -2.07. The first kappa shape index (κ1) is 10.7. The van der Waals surface area contributed by atoms with Crippen LogP contribution in [0.1, 0.15) is 6.92 Å². The molecule has 0 fully saturated rings. The van der Waals surface area contributed by atoms with Gasteiger partial charge in [0.15, 0.2) is 0 Å². The van der Waals surface area contributed by atoms with E-state index in [1.54, 1.807) is 6.07 Å². The maximum Gasteiger partial charge on any atom is 0.135 e. The summed E-state index contributed by atoms with van der Waals surface area (Å²) >= 11 is 7.25. The number of alkyl halides is 1. The highest BCUT2D eigenvalue weighted by molar-refractivity contribution is 7.17. The van der Waals surface area contributed by atoms with Crippen LogP contribution in [0.3, 0.4) is 0 Å². The number of ether oxygens (including phenoxy) is 1. The van der Waals surface area contributed by atoms with Crippen molar-refractivity contribution in [1.82, 2.24) is 0 Å². The molecule has 1 atom stereocenters. The van der Waals surface area contributed by atoms with Crippen LogP contribution in [0.4, 0.5) is 4.39 Å². The molecule has 1 aromatic heterocycles. The lowest BCUT2D eigenvalue weighted by Crippen LogP contribution is -2.07. The number of hydrogen-bond donors (Lipinski definition) is 0. The van der Waals surface area contributed by atoms with E-state index >= 15 is 0 Å². The van der Waals surface area contributed by atoms with E-state index in [2.05, 4.69) is 0 Å². The van der Waals surface area contributed by atoms with E-state index in [4.69, 9.17) is 16.3 Å². The molecule has 1 unspecified atom stereocenters. The number of hydrogen-bond acceptors (Lipinski definition) is 2. The molecule has 80 valence electrons. The normalized spacial score (nSPS) is 13.0. The third-order valence-corrected chi connectivity index (χ3v) is 2.96. The molecule has 1 aromatic carbocycles. The highest BCUT2D eigenvalue weighted by atomic mass is 35.5. The topological polar surface area (TPSA) is 9.23 Å². The molecule has 4 heteroatoms. The third-order valence-electron chi connectivity index (χ3n) is 1.97. The van der Waals surface area contributed by atoms with Crippen LogP contribution < -0.4 is 4.74 Å². The van der Waals surface area contributed by atoms with Gasteiger partial charge < -0.3 is 4.74 Å². The first-order chi connectivity index (χ1) is 7.16. The quantitative estimate of drug-likeness (QED) is 0.741. The molecule has 0 radical (unpaired) electrons. The average molecular weight is 245 g/mol. The molecule has 15 heavy (non-hydrogen) atoms. The smallest absolute Gasteiger partial charge is 0.135 e. The zero-order valence-electron chi connectivity index (χ0n) is 8.17. The predicted molar refractivity (Wildman–Crippen MR) is 62.6 cm³/mol. The molecule has 2 aromatic rings. The lowest BCUT2D eigenvalue weighted by atomic mass is 10.2. The molecule has 2 rings (SSSR count). The maximum absolute atomic E-state index is 13.5. The highest BCUT2D eigenvalue weighted by Gasteiger charge is 2.06. The molecule has 0 aliphatic rings. The van der Waals surface area contributed by atoms with Gasteiger partial charge in [-0.05, 0) is 24.4 Å². The number of thiophene rings is 1. The number of halogens is 2. The Labute approximate surface area is 96.4 Å². The van der Waals surface area contributed by atoms with Crippen molar-refractivity contribution < 1.29 is 9.13 Å². The highest BCUT2D eigenvalue weighted by Crippen LogP contribution is 2.28. The molecule has 1 heterocycles. The Morgan fingerprint density at radius 1 is 1.53 bits per heavy atom. The van der Waals surface area contributed by atoms with E-state index in [1.165, 1.54) is 17.4 Å². The Morgan fingerprint density at radius 3 is 3.07 bits per heavy atom. The second kappa shape index (κ2) is 4.37. The fraction of sp³-hybridized carbons (Fsp3) is 0.273. The Morgan fingerprint density at radius 2 is 2.33 bits per heavy atom. The summed E-state index contributed by atoms with van der Waals surface area (Å²) in [6.07, 6.45) is 0.